The molecule has 0 aliphatic carbocycles. The Labute approximate surface area is 168 Å². The van der Waals surface area contributed by atoms with Gasteiger partial charge in [0.1, 0.15) is 11.0 Å². The summed E-state index contributed by atoms with van der Waals surface area (Å²) in [6.45, 7) is 4.69. The summed E-state index contributed by atoms with van der Waals surface area (Å²) in [6.07, 6.45) is 0. The molecule has 2 saturated heterocycles. The van der Waals surface area contributed by atoms with E-state index in [1.165, 1.54) is 4.70 Å². The second kappa shape index (κ2) is 8.42. The molecule has 1 aromatic carbocycles. The topological polar surface area (TPSA) is 78.0 Å². The van der Waals surface area contributed by atoms with Gasteiger partial charge in [0.2, 0.25) is 5.91 Å². The Bertz CT molecular complexity index is 818. The fourth-order valence-corrected chi connectivity index (χ4v) is 4.73. The zero-order chi connectivity index (χ0) is 19.5. The number of carbonyl (C=O) groups is 2. The summed E-state index contributed by atoms with van der Waals surface area (Å²) in [5, 5.41) is 3.74. The van der Waals surface area contributed by atoms with E-state index in [0.717, 1.165) is 17.1 Å². The maximum absolute atomic E-state index is 13.0. The summed E-state index contributed by atoms with van der Waals surface area (Å²) in [7, 11) is 1.62. The van der Waals surface area contributed by atoms with Gasteiger partial charge in [-0.15, -0.1) is 11.3 Å². The first-order valence-corrected chi connectivity index (χ1v) is 10.4. The van der Waals surface area contributed by atoms with Crippen molar-refractivity contribution in [3.8, 4) is 0 Å². The molecular formula is C19H25N5O3S. The van der Waals surface area contributed by atoms with E-state index in [1.807, 2.05) is 18.2 Å². The molecule has 9 heteroatoms. The largest absolute Gasteiger partial charge is 0.378 e. The van der Waals surface area contributed by atoms with E-state index in [2.05, 4.69) is 16.3 Å². The molecule has 3 heterocycles. The second-order valence-electron chi connectivity index (χ2n) is 7.02. The van der Waals surface area contributed by atoms with Gasteiger partial charge in [0.05, 0.1) is 30.0 Å². The van der Waals surface area contributed by atoms with Crippen molar-refractivity contribution in [2.24, 2.45) is 0 Å². The molecule has 28 heavy (non-hydrogen) atoms. The van der Waals surface area contributed by atoms with E-state index in [-0.39, 0.29) is 11.9 Å². The van der Waals surface area contributed by atoms with Crippen molar-refractivity contribution in [3.05, 3.63) is 29.3 Å². The molecule has 4 rings (SSSR count). The number of nitrogens with one attached hydrogen (secondary N) is 1. The molecule has 0 radical (unpaired) electrons. The lowest BCUT2D eigenvalue weighted by molar-refractivity contribution is -0.127. The fourth-order valence-electron chi connectivity index (χ4n) is 3.72. The maximum atomic E-state index is 13.0. The highest BCUT2D eigenvalue weighted by Crippen LogP contribution is 2.24. The molecule has 3 amide bonds. The van der Waals surface area contributed by atoms with Crippen LogP contribution in [0.3, 0.4) is 0 Å². The first-order valence-electron chi connectivity index (χ1n) is 9.57. The average Bonchev–Trinajstić information content (AvgIpc) is 3.15. The zero-order valence-electron chi connectivity index (χ0n) is 16.0. The third-order valence-corrected chi connectivity index (χ3v) is 6.26. The van der Waals surface area contributed by atoms with Gasteiger partial charge in [-0.1, -0.05) is 12.1 Å². The lowest BCUT2D eigenvalue weighted by Gasteiger charge is -2.42. The molecule has 1 unspecified atom stereocenters. The van der Waals surface area contributed by atoms with Gasteiger partial charge >= 0.3 is 6.03 Å². The normalized spacial score (nSPS) is 21.1. The molecule has 1 N–H and O–H groups in total. The van der Waals surface area contributed by atoms with E-state index in [9.17, 15) is 9.59 Å². The lowest BCUT2D eigenvalue weighted by atomic mass is 10.1. The highest BCUT2D eigenvalue weighted by Gasteiger charge is 2.37. The SMILES string of the molecule is CNC(=O)C1CN(Cc2nc3ccccc3s2)CCN1C(=O)N1CCOCC1. The van der Waals surface area contributed by atoms with Gasteiger partial charge in [-0.05, 0) is 12.1 Å². The van der Waals surface area contributed by atoms with Crippen molar-refractivity contribution in [2.45, 2.75) is 12.6 Å². The van der Waals surface area contributed by atoms with E-state index in [0.29, 0.717) is 45.9 Å². The number of para-hydroxylation sites is 1. The molecule has 0 bridgehead atoms. The van der Waals surface area contributed by atoms with Gasteiger partial charge in [-0.2, -0.15) is 0 Å². The quantitative estimate of drug-likeness (QED) is 0.827. The van der Waals surface area contributed by atoms with Crippen LogP contribution in [-0.2, 0) is 16.1 Å². The highest BCUT2D eigenvalue weighted by atomic mass is 32.1. The molecule has 8 nitrogen and oxygen atoms in total. The summed E-state index contributed by atoms with van der Waals surface area (Å²) >= 11 is 1.68. The number of aromatic nitrogens is 1. The first kappa shape index (κ1) is 19.1. The van der Waals surface area contributed by atoms with Crippen LogP contribution in [0.5, 0.6) is 0 Å². The number of likely N-dealkylation sites (N-methyl/N-ethyl adjacent to an activating group) is 1. The summed E-state index contributed by atoms with van der Waals surface area (Å²) in [4.78, 5) is 35.9. The lowest BCUT2D eigenvalue weighted by Crippen LogP contribution is -2.63. The van der Waals surface area contributed by atoms with Crippen molar-refractivity contribution < 1.29 is 14.3 Å². The average molecular weight is 404 g/mol. The van der Waals surface area contributed by atoms with Crippen molar-refractivity contribution in [3.63, 3.8) is 0 Å². The van der Waals surface area contributed by atoms with E-state index >= 15 is 0 Å². The standard InChI is InChI=1S/C19H25N5O3S/c1-20-18(25)15-12-22(13-17-21-14-4-2-3-5-16(14)28-17)6-7-24(15)19(26)23-8-10-27-11-9-23/h2-5,15H,6-13H2,1H3,(H,20,25). The number of urea groups is 1. The smallest absolute Gasteiger partial charge is 0.320 e. The fraction of sp³-hybridized carbons (Fsp3) is 0.526. The predicted octanol–water partition coefficient (Wildman–Crippen LogP) is 0.981. The Balaban J connectivity index is 1.46. The van der Waals surface area contributed by atoms with Gasteiger partial charge in [-0.25, -0.2) is 9.78 Å². The molecule has 2 aliphatic rings. The van der Waals surface area contributed by atoms with Crippen LogP contribution < -0.4 is 5.32 Å². The number of hydrogen-bond donors (Lipinski definition) is 1. The maximum Gasteiger partial charge on any atom is 0.320 e. The van der Waals surface area contributed by atoms with E-state index in [4.69, 9.17) is 9.72 Å². The van der Waals surface area contributed by atoms with Crippen molar-refractivity contribution in [1.82, 2.24) is 25.0 Å². The van der Waals surface area contributed by atoms with Crippen LogP contribution in [0.1, 0.15) is 5.01 Å². The van der Waals surface area contributed by atoms with Crippen LogP contribution in [0.4, 0.5) is 4.79 Å². The molecule has 0 spiro atoms. The molecule has 2 fully saturated rings. The van der Waals surface area contributed by atoms with Crippen LogP contribution in [0.2, 0.25) is 0 Å². The first-order chi connectivity index (χ1) is 13.7. The number of ether oxygens (including phenoxy) is 1. The van der Waals surface area contributed by atoms with E-state index in [1.54, 1.807) is 28.2 Å². The molecule has 150 valence electrons. The van der Waals surface area contributed by atoms with Gasteiger partial charge in [0.15, 0.2) is 0 Å². The number of carbonyl (C=O) groups excluding carboxylic acids is 2. The number of thiazole rings is 1. The summed E-state index contributed by atoms with van der Waals surface area (Å²) < 4.78 is 6.50. The Morgan fingerprint density at radius 2 is 2.00 bits per heavy atom. The molecular weight excluding hydrogens is 378 g/mol. The number of rotatable bonds is 3. The molecule has 1 aromatic heterocycles. The third kappa shape index (κ3) is 3.96. The zero-order valence-corrected chi connectivity index (χ0v) is 16.8. The van der Waals surface area contributed by atoms with Crippen molar-refractivity contribution in [1.29, 1.82) is 0 Å². The number of amides is 3. The minimum atomic E-state index is -0.497. The van der Waals surface area contributed by atoms with Crippen LogP contribution in [-0.4, -0.2) is 90.6 Å². The Morgan fingerprint density at radius 1 is 1.21 bits per heavy atom. The van der Waals surface area contributed by atoms with E-state index < -0.39 is 6.04 Å². The van der Waals surface area contributed by atoms with Crippen LogP contribution in [0.25, 0.3) is 10.2 Å². The Hall–Kier alpha value is -2.23. The summed E-state index contributed by atoms with van der Waals surface area (Å²) in [5.74, 6) is -0.129. The second-order valence-corrected chi connectivity index (χ2v) is 8.13. The summed E-state index contributed by atoms with van der Waals surface area (Å²) in [6, 6.07) is 7.52. The number of hydrogen-bond acceptors (Lipinski definition) is 6. The molecule has 0 saturated carbocycles. The third-order valence-electron chi connectivity index (χ3n) is 5.24. The van der Waals surface area contributed by atoms with Gasteiger partial charge < -0.3 is 19.9 Å². The minimum Gasteiger partial charge on any atom is -0.378 e. The number of morpholine rings is 1. The van der Waals surface area contributed by atoms with Gasteiger partial charge in [-0.3, -0.25) is 9.69 Å². The van der Waals surface area contributed by atoms with Gasteiger partial charge in [0.25, 0.3) is 0 Å². The number of benzene rings is 1. The van der Waals surface area contributed by atoms with Crippen molar-refractivity contribution in [2.75, 3.05) is 53.0 Å². The molecule has 2 aromatic rings. The Morgan fingerprint density at radius 3 is 2.75 bits per heavy atom. The number of fused-ring (bicyclic) bond motifs is 1. The highest BCUT2D eigenvalue weighted by molar-refractivity contribution is 7.18. The van der Waals surface area contributed by atoms with Crippen LogP contribution >= 0.6 is 11.3 Å². The molecule has 1 atom stereocenters. The monoisotopic (exact) mass is 403 g/mol. The minimum absolute atomic E-state index is 0.0727. The summed E-state index contributed by atoms with van der Waals surface area (Å²) in [5.41, 5.74) is 1.01. The van der Waals surface area contributed by atoms with Crippen molar-refractivity contribution >= 4 is 33.5 Å². The van der Waals surface area contributed by atoms with Crippen LogP contribution in [0, 0.1) is 0 Å². The van der Waals surface area contributed by atoms with Crippen LogP contribution in [0.15, 0.2) is 24.3 Å². The molecule has 2 aliphatic heterocycles. The Kier molecular flexibility index (Phi) is 5.74. The number of nitrogens with zero attached hydrogens (tertiary/aromatic N) is 4. The predicted molar refractivity (Wildman–Crippen MR) is 107 cm³/mol. The number of piperazine rings is 1. The van der Waals surface area contributed by atoms with Gasteiger partial charge in [0, 0.05) is 39.8 Å².